The molecule has 4 aliphatic rings. The van der Waals surface area contributed by atoms with Crippen LogP contribution < -0.4 is 5.32 Å². The van der Waals surface area contributed by atoms with Crippen molar-refractivity contribution in [3.05, 3.63) is 0 Å². The van der Waals surface area contributed by atoms with Crippen molar-refractivity contribution in [1.29, 1.82) is 0 Å². The van der Waals surface area contributed by atoms with E-state index in [-0.39, 0.29) is 11.5 Å². The van der Waals surface area contributed by atoms with E-state index in [9.17, 15) is 8.42 Å². The van der Waals surface area contributed by atoms with Gasteiger partial charge in [-0.25, -0.2) is 8.42 Å². The summed E-state index contributed by atoms with van der Waals surface area (Å²) in [5.74, 6) is 2.98. The van der Waals surface area contributed by atoms with Gasteiger partial charge in [-0.1, -0.05) is 6.92 Å². The zero-order chi connectivity index (χ0) is 14.4. The van der Waals surface area contributed by atoms with Crippen molar-refractivity contribution in [1.82, 2.24) is 5.32 Å². The second kappa shape index (κ2) is 5.28. The van der Waals surface area contributed by atoms with Gasteiger partial charge in [0, 0.05) is 12.3 Å². The fourth-order valence-corrected chi connectivity index (χ4v) is 6.75. The monoisotopic (exact) mass is 299 g/mol. The van der Waals surface area contributed by atoms with E-state index in [0.29, 0.717) is 5.75 Å². The minimum absolute atomic E-state index is 0.186. The minimum atomic E-state index is -2.91. The lowest BCUT2D eigenvalue weighted by atomic mass is 9.48. The number of hydrogen-bond acceptors (Lipinski definition) is 3. The summed E-state index contributed by atoms with van der Waals surface area (Å²) >= 11 is 0. The van der Waals surface area contributed by atoms with E-state index in [0.717, 1.165) is 30.7 Å². The van der Waals surface area contributed by atoms with Crippen molar-refractivity contribution in [3.8, 4) is 0 Å². The third-order valence-electron chi connectivity index (χ3n) is 5.93. The van der Waals surface area contributed by atoms with Crippen molar-refractivity contribution in [2.75, 3.05) is 18.6 Å². The van der Waals surface area contributed by atoms with Gasteiger partial charge in [-0.05, 0) is 74.7 Å². The fraction of sp³-hybridized carbons (Fsp3) is 1.00. The molecular weight excluding hydrogens is 270 g/mol. The molecule has 0 heterocycles. The quantitative estimate of drug-likeness (QED) is 0.820. The smallest absolute Gasteiger partial charge is 0.149 e. The second-order valence-corrected chi connectivity index (χ2v) is 10.1. The van der Waals surface area contributed by atoms with Crippen LogP contribution >= 0.6 is 0 Å². The molecule has 4 rings (SSSR count). The van der Waals surface area contributed by atoms with Crippen LogP contribution in [-0.4, -0.2) is 33.0 Å². The lowest BCUT2D eigenvalue weighted by Crippen LogP contribution is -2.58. The third kappa shape index (κ3) is 2.92. The van der Waals surface area contributed by atoms with Gasteiger partial charge in [-0.3, -0.25) is 0 Å². The standard InChI is InChI=1S/C16H29NO2S/c1-3-4-17-15(11-20(2,18)19)16-8-12-5-13(9-16)7-14(6-12)10-16/h12-15,17H,3-11H2,1-2H3. The molecule has 0 aromatic heterocycles. The molecule has 4 bridgehead atoms. The van der Waals surface area contributed by atoms with E-state index in [4.69, 9.17) is 0 Å². The van der Waals surface area contributed by atoms with Crippen LogP contribution in [0.25, 0.3) is 0 Å². The van der Waals surface area contributed by atoms with Crippen molar-refractivity contribution in [2.45, 2.75) is 57.9 Å². The maximum Gasteiger partial charge on any atom is 0.149 e. The summed E-state index contributed by atoms with van der Waals surface area (Å²) in [6.45, 7) is 3.10. The van der Waals surface area contributed by atoms with Gasteiger partial charge in [0.05, 0.1) is 5.75 Å². The lowest BCUT2D eigenvalue weighted by molar-refractivity contribution is -0.0696. The molecule has 1 N–H and O–H groups in total. The summed E-state index contributed by atoms with van der Waals surface area (Å²) in [4.78, 5) is 0. The van der Waals surface area contributed by atoms with Gasteiger partial charge in [0.25, 0.3) is 0 Å². The summed E-state index contributed by atoms with van der Waals surface area (Å²) in [6, 6.07) is 0.186. The topological polar surface area (TPSA) is 46.2 Å². The highest BCUT2D eigenvalue weighted by atomic mass is 32.2. The van der Waals surface area contributed by atoms with E-state index in [1.54, 1.807) is 0 Å². The van der Waals surface area contributed by atoms with E-state index >= 15 is 0 Å². The maximum absolute atomic E-state index is 11.9. The molecule has 0 radical (unpaired) electrons. The van der Waals surface area contributed by atoms with Gasteiger partial charge < -0.3 is 5.32 Å². The van der Waals surface area contributed by atoms with Crippen LogP contribution in [0.4, 0.5) is 0 Å². The van der Waals surface area contributed by atoms with Crippen molar-refractivity contribution < 1.29 is 8.42 Å². The summed E-state index contributed by atoms with van der Waals surface area (Å²) in [6.07, 6.45) is 10.5. The first kappa shape index (κ1) is 14.8. The van der Waals surface area contributed by atoms with Crippen LogP contribution in [0.1, 0.15) is 51.9 Å². The van der Waals surface area contributed by atoms with Gasteiger partial charge in [0.15, 0.2) is 0 Å². The summed E-state index contributed by atoms with van der Waals surface area (Å²) in [7, 11) is -2.91. The predicted octanol–water partition coefficient (Wildman–Crippen LogP) is 2.62. The largest absolute Gasteiger partial charge is 0.312 e. The highest BCUT2D eigenvalue weighted by Gasteiger charge is 2.54. The van der Waals surface area contributed by atoms with Gasteiger partial charge >= 0.3 is 0 Å². The molecule has 20 heavy (non-hydrogen) atoms. The molecule has 116 valence electrons. The average molecular weight is 299 g/mol. The Morgan fingerprint density at radius 2 is 1.60 bits per heavy atom. The van der Waals surface area contributed by atoms with Crippen LogP contribution in [0.3, 0.4) is 0 Å². The highest BCUT2D eigenvalue weighted by Crippen LogP contribution is 2.61. The Bertz CT molecular complexity index is 422. The van der Waals surface area contributed by atoms with E-state index in [1.165, 1.54) is 44.8 Å². The molecule has 4 fully saturated rings. The maximum atomic E-state index is 11.9. The van der Waals surface area contributed by atoms with Crippen LogP contribution in [0.15, 0.2) is 0 Å². The number of nitrogens with one attached hydrogen (secondary N) is 1. The average Bonchev–Trinajstić information content (AvgIpc) is 2.31. The number of hydrogen-bond donors (Lipinski definition) is 1. The number of sulfone groups is 1. The van der Waals surface area contributed by atoms with Crippen LogP contribution in [0, 0.1) is 23.2 Å². The Morgan fingerprint density at radius 1 is 1.10 bits per heavy atom. The Kier molecular flexibility index (Phi) is 3.91. The molecule has 0 aromatic rings. The molecule has 1 unspecified atom stereocenters. The summed E-state index contributed by atoms with van der Waals surface area (Å²) < 4.78 is 23.7. The Balaban J connectivity index is 1.82. The first-order valence-electron chi connectivity index (χ1n) is 8.31. The molecule has 3 nitrogen and oxygen atoms in total. The molecule has 0 aromatic carbocycles. The Labute approximate surface area is 123 Å². The second-order valence-electron chi connectivity index (χ2n) is 7.88. The van der Waals surface area contributed by atoms with E-state index in [2.05, 4.69) is 12.2 Å². The normalized spacial score (nSPS) is 41.0. The third-order valence-corrected chi connectivity index (χ3v) is 6.87. The Hall–Kier alpha value is -0.0900. The van der Waals surface area contributed by atoms with Crippen molar-refractivity contribution in [3.63, 3.8) is 0 Å². The van der Waals surface area contributed by atoms with Crippen molar-refractivity contribution >= 4 is 9.84 Å². The first-order valence-corrected chi connectivity index (χ1v) is 10.4. The Morgan fingerprint density at radius 3 is 2.00 bits per heavy atom. The number of rotatable bonds is 6. The predicted molar refractivity (Wildman–Crippen MR) is 82.4 cm³/mol. The fourth-order valence-electron chi connectivity index (χ4n) is 5.68. The molecule has 0 saturated heterocycles. The van der Waals surface area contributed by atoms with Crippen LogP contribution in [0.5, 0.6) is 0 Å². The molecular formula is C16H29NO2S. The highest BCUT2D eigenvalue weighted by molar-refractivity contribution is 7.90. The molecule has 4 aliphatic carbocycles. The van der Waals surface area contributed by atoms with E-state index in [1.807, 2.05) is 0 Å². The van der Waals surface area contributed by atoms with Crippen LogP contribution in [0.2, 0.25) is 0 Å². The molecule has 4 heteroatoms. The van der Waals surface area contributed by atoms with Gasteiger partial charge in [-0.2, -0.15) is 0 Å². The molecule has 4 saturated carbocycles. The molecule has 0 amide bonds. The SMILES string of the molecule is CCCNC(CS(C)(=O)=O)C12CC3CC(CC(C3)C1)C2. The molecule has 0 aliphatic heterocycles. The summed E-state index contributed by atoms with van der Waals surface area (Å²) in [5.41, 5.74) is 0.285. The zero-order valence-corrected chi connectivity index (χ0v) is 13.7. The molecule has 0 spiro atoms. The van der Waals surface area contributed by atoms with Crippen molar-refractivity contribution in [2.24, 2.45) is 23.2 Å². The van der Waals surface area contributed by atoms with Crippen LogP contribution in [-0.2, 0) is 9.84 Å². The van der Waals surface area contributed by atoms with Gasteiger partial charge in [0.2, 0.25) is 0 Å². The van der Waals surface area contributed by atoms with Gasteiger partial charge in [0.1, 0.15) is 9.84 Å². The first-order chi connectivity index (χ1) is 9.40. The minimum Gasteiger partial charge on any atom is -0.312 e. The zero-order valence-electron chi connectivity index (χ0n) is 12.9. The lowest BCUT2D eigenvalue weighted by Gasteiger charge is -2.59. The van der Waals surface area contributed by atoms with Gasteiger partial charge in [-0.15, -0.1) is 0 Å². The van der Waals surface area contributed by atoms with E-state index < -0.39 is 9.84 Å². The summed E-state index contributed by atoms with van der Waals surface area (Å²) in [5, 5.41) is 3.60. The molecule has 1 atom stereocenters.